The molecular weight excluding hydrogens is 228 g/mol. The van der Waals surface area contributed by atoms with E-state index < -0.39 is 6.04 Å². The highest BCUT2D eigenvalue weighted by Gasteiger charge is 2.27. The van der Waals surface area contributed by atoms with E-state index in [1.165, 1.54) is 0 Å². The molecule has 0 bridgehead atoms. The summed E-state index contributed by atoms with van der Waals surface area (Å²) >= 11 is 0. The van der Waals surface area contributed by atoms with Crippen LogP contribution in [0, 0.1) is 17.2 Å². The predicted octanol–water partition coefficient (Wildman–Crippen LogP) is 1.23. The number of anilines is 2. The van der Waals surface area contributed by atoms with Gasteiger partial charge in [0.25, 0.3) is 0 Å². The van der Waals surface area contributed by atoms with Crippen molar-refractivity contribution in [3.63, 3.8) is 0 Å². The highest BCUT2D eigenvalue weighted by atomic mass is 16.2. The van der Waals surface area contributed by atoms with Gasteiger partial charge in [-0.15, -0.1) is 0 Å². The highest BCUT2D eigenvalue weighted by molar-refractivity contribution is 6.02. The molecule has 5 nitrogen and oxygen atoms in total. The molecule has 5 heteroatoms. The van der Waals surface area contributed by atoms with Crippen molar-refractivity contribution in [2.45, 2.75) is 13.0 Å². The van der Waals surface area contributed by atoms with Crippen LogP contribution in [0.3, 0.4) is 0 Å². The maximum Gasteiger partial charge on any atom is 0.245 e. The number of benzene rings is 1. The molecule has 2 rings (SSSR count). The van der Waals surface area contributed by atoms with E-state index in [-0.39, 0.29) is 11.8 Å². The summed E-state index contributed by atoms with van der Waals surface area (Å²) in [6, 6.07) is 7.30. The molecule has 94 valence electrons. The van der Waals surface area contributed by atoms with Crippen LogP contribution >= 0.6 is 0 Å². The molecule has 2 atom stereocenters. The molecule has 0 saturated heterocycles. The summed E-state index contributed by atoms with van der Waals surface area (Å²) in [6.45, 7) is 2.52. The number of amides is 1. The van der Waals surface area contributed by atoms with E-state index in [2.05, 4.69) is 11.4 Å². The number of nitriles is 1. The van der Waals surface area contributed by atoms with Gasteiger partial charge in [-0.25, -0.2) is 0 Å². The molecule has 1 aromatic carbocycles. The first-order valence-electron chi connectivity index (χ1n) is 5.84. The molecule has 1 heterocycles. The second-order valence-corrected chi connectivity index (χ2v) is 4.65. The first kappa shape index (κ1) is 12.4. The van der Waals surface area contributed by atoms with Gasteiger partial charge in [-0.3, -0.25) is 4.79 Å². The molecule has 18 heavy (non-hydrogen) atoms. The van der Waals surface area contributed by atoms with Gasteiger partial charge < -0.3 is 16.0 Å². The molecule has 0 saturated carbocycles. The molecule has 0 aliphatic carbocycles. The molecule has 1 aliphatic heterocycles. The Hall–Kier alpha value is -2.06. The van der Waals surface area contributed by atoms with Crippen LogP contribution in [0.1, 0.15) is 18.5 Å². The van der Waals surface area contributed by atoms with Gasteiger partial charge in [-0.2, -0.15) is 5.26 Å². The first-order valence-corrected chi connectivity index (χ1v) is 5.84. The number of nitrogens with two attached hydrogens (primary N) is 1. The Morgan fingerprint density at radius 3 is 3.00 bits per heavy atom. The van der Waals surface area contributed by atoms with E-state index in [0.717, 1.165) is 16.9 Å². The molecule has 0 spiro atoms. The maximum atomic E-state index is 11.4. The fourth-order valence-corrected chi connectivity index (χ4v) is 2.07. The molecule has 0 aromatic heterocycles. The molecular formula is C13H16N4O. The average Bonchev–Trinajstić information content (AvgIpc) is 2.64. The SMILES string of the molecule is CC(C#N)CN(C)c1ccc2c(c1)NC(=O)C2N. The van der Waals surface area contributed by atoms with Crippen molar-refractivity contribution in [1.29, 1.82) is 5.26 Å². The molecule has 1 aromatic rings. The van der Waals surface area contributed by atoms with Crippen molar-refractivity contribution in [2.75, 3.05) is 23.8 Å². The van der Waals surface area contributed by atoms with E-state index >= 15 is 0 Å². The Kier molecular flexibility index (Phi) is 3.21. The first-order chi connectivity index (χ1) is 8.52. The van der Waals surface area contributed by atoms with Gasteiger partial charge in [-0.05, 0) is 19.1 Å². The standard InChI is InChI=1S/C13H16N4O/c1-8(6-14)7-17(2)9-3-4-10-11(5-9)16-13(18)12(10)15/h3-5,8,12H,7,15H2,1-2H3,(H,16,18). The van der Waals surface area contributed by atoms with Crippen molar-refractivity contribution in [1.82, 2.24) is 0 Å². The monoisotopic (exact) mass is 244 g/mol. The molecule has 1 aliphatic rings. The Morgan fingerprint density at radius 1 is 1.61 bits per heavy atom. The molecule has 0 radical (unpaired) electrons. The minimum absolute atomic E-state index is 0.0416. The van der Waals surface area contributed by atoms with Crippen LogP contribution < -0.4 is 16.0 Å². The summed E-state index contributed by atoms with van der Waals surface area (Å²) in [5, 5.41) is 11.6. The van der Waals surface area contributed by atoms with Crippen LogP contribution in [0.2, 0.25) is 0 Å². The van der Waals surface area contributed by atoms with Crippen molar-refractivity contribution in [2.24, 2.45) is 11.7 Å². The van der Waals surface area contributed by atoms with Gasteiger partial charge in [-0.1, -0.05) is 6.07 Å². The number of fused-ring (bicyclic) bond motifs is 1. The zero-order valence-electron chi connectivity index (χ0n) is 10.5. The molecule has 1 amide bonds. The third-order valence-electron chi connectivity index (χ3n) is 3.12. The summed E-state index contributed by atoms with van der Waals surface area (Å²) in [5.41, 5.74) is 8.30. The van der Waals surface area contributed by atoms with Crippen LogP contribution in [0.4, 0.5) is 11.4 Å². The Labute approximate surface area is 106 Å². The van der Waals surface area contributed by atoms with E-state index in [9.17, 15) is 4.79 Å². The Bertz CT molecular complexity index is 520. The third kappa shape index (κ3) is 2.15. The summed E-state index contributed by atoms with van der Waals surface area (Å²) in [6.07, 6.45) is 0. The van der Waals surface area contributed by atoms with Crippen molar-refractivity contribution >= 4 is 17.3 Å². The van der Waals surface area contributed by atoms with E-state index in [1.54, 1.807) is 0 Å². The number of nitrogens with zero attached hydrogens (tertiary/aromatic N) is 2. The summed E-state index contributed by atoms with van der Waals surface area (Å²) in [7, 11) is 1.92. The predicted molar refractivity (Wildman–Crippen MR) is 70.0 cm³/mol. The zero-order chi connectivity index (χ0) is 13.3. The minimum atomic E-state index is -0.572. The lowest BCUT2D eigenvalue weighted by Gasteiger charge is -2.21. The van der Waals surface area contributed by atoms with Gasteiger partial charge in [0.15, 0.2) is 0 Å². The number of hydrogen-bond donors (Lipinski definition) is 2. The summed E-state index contributed by atoms with van der Waals surface area (Å²) in [5.74, 6) is -0.213. The number of rotatable bonds is 3. The van der Waals surface area contributed by atoms with Crippen molar-refractivity contribution in [3.8, 4) is 6.07 Å². The second kappa shape index (κ2) is 4.67. The Morgan fingerprint density at radius 2 is 2.33 bits per heavy atom. The summed E-state index contributed by atoms with van der Waals surface area (Å²) in [4.78, 5) is 13.4. The van der Waals surface area contributed by atoms with Crippen LogP contribution in [-0.4, -0.2) is 19.5 Å². The average molecular weight is 244 g/mol. The zero-order valence-corrected chi connectivity index (χ0v) is 10.5. The van der Waals surface area contributed by atoms with E-state index in [4.69, 9.17) is 11.0 Å². The lowest BCUT2D eigenvalue weighted by molar-refractivity contribution is -0.116. The second-order valence-electron chi connectivity index (χ2n) is 4.65. The lowest BCUT2D eigenvalue weighted by Crippen LogP contribution is -2.23. The van der Waals surface area contributed by atoms with Crippen LogP contribution in [0.15, 0.2) is 18.2 Å². The smallest absolute Gasteiger partial charge is 0.245 e. The minimum Gasteiger partial charge on any atom is -0.373 e. The fraction of sp³-hybridized carbons (Fsp3) is 0.385. The van der Waals surface area contributed by atoms with Gasteiger partial charge in [0.05, 0.1) is 12.0 Å². The van der Waals surface area contributed by atoms with Crippen molar-refractivity contribution in [3.05, 3.63) is 23.8 Å². The van der Waals surface area contributed by atoms with Gasteiger partial charge in [0.2, 0.25) is 5.91 Å². The lowest BCUT2D eigenvalue weighted by atomic mass is 10.1. The molecule has 0 fully saturated rings. The van der Waals surface area contributed by atoms with Gasteiger partial charge in [0.1, 0.15) is 6.04 Å². The van der Waals surface area contributed by atoms with Crippen molar-refractivity contribution < 1.29 is 4.79 Å². The number of hydrogen-bond acceptors (Lipinski definition) is 4. The third-order valence-corrected chi connectivity index (χ3v) is 3.12. The van der Waals surface area contributed by atoms with Gasteiger partial charge in [0, 0.05) is 30.5 Å². The van der Waals surface area contributed by atoms with Gasteiger partial charge >= 0.3 is 0 Å². The topological polar surface area (TPSA) is 82.2 Å². The fourth-order valence-electron chi connectivity index (χ4n) is 2.07. The number of nitrogens with one attached hydrogen (secondary N) is 1. The maximum absolute atomic E-state index is 11.4. The summed E-state index contributed by atoms with van der Waals surface area (Å²) < 4.78 is 0. The molecule has 2 unspecified atom stereocenters. The molecule has 3 N–H and O–H groups in total. The highest BCUT2D eigenvalue weighted by Crippen LogP contribution is 2.32. The number of carbonyl (C=O) groups excluding carboxylic acids is 1. The van der Waals surface area contributed by atoms with Crippen LogP contribution in [0.25, 0.3) is 0 Å². The largest absolute Gasteiger partial charge is 0.373 e. The Balaban J connectivity index is 2.21. The quantitative estimate of drug-likeness (QED) is 0.838. The van der Waals surface area contributed by atoms with E-state index in [1.807, 2.05) is 37.1 Å². The number of carbonyl (C=O) groups is 1. The van der Waals surface area contributed by atoms with Crippen LogP contribution in [0.5, 0.6) is 0 Å². The van der Waals surface area contributed by atoms with Crippen LogP contribution in [-0.2, 0) is 4.79 Å². The van der Waals surface area contributed by atoms with E-state index in [0.29, 0.717) is 6.54 Å². The normalized spacial score (nSPS) is 18.8.